The zero-order chi connectivity index (χ0) is 20.7. The third-order valence-corrected chi connectivity index (χ3v) is 4.77. The lowest BCUT2D eigenvalue weighted by Crippen LogP contribution is -2.38. The average Bonchev–Trinajstić information content (AvgIpc) is 2.61. The van der Waals surface area contributed by atoms with E-state index in [2.05, 4.69) is 12.2 Å². The first-order valence-electron chi connectivity index (χ1n) is 9.37. The van der Waals surface area contributed by atoms with Crippen molar-refractivity contribution in [2.24, 2.45) is 0 Å². The summed E-state index contributed by atoms with van der Waals surface area (Å²) >= 11 is 12.0. The van der Waals surface area contributed by atoms with E-state index in [9.17, 15) is 4.79 Å². The van der Waals surface area contributed by atoms with Crippen molar-refractivity contribution in [3.63, 3.8) is 0 Å². The molecule has 0 saturated carbocycles. The van der Waals surface area contributed by atoms with E-state index in [0.717, 1.165) is 17.7 Å². The maximum atomic E-state index is 12.7. The molecule has 28 heavy (non-hydrogen) atoms. The Balaban J connectivity index is 2.00. The van der Waals surface area contributed by atoms with Crippen LogP contribution in [0.3, 0.4) is 0 Å². The highest BCUT2D eigenvalue weighted by molar-refractivity contribution is 6.42. The molecule has 0 radical (unpaired) electrons. The number of ether oxygens (including phenoxy) is 1. The molecule has 0 aliphatic carbocycles. The number of hydrogen-bond donors (Lipinski definition) is 1. The molecule has 0 aliphatic rings. The van der Waals surface area contributed by atoms with E-state index >= 15 is 0 Å². The smallest absolute Gasteiger partial charge is 0.410 e. The second-order valence-corrected chi connectivity index (χ2v) is 8.66. The van der Waals surface area contributed by atoms with Crippen LogP contribution in [-0.4, -0.2) is 29.2 Å². The Morgan fingerprint density at radius 3 is 2.39 bits per heavy atom. The lowest BCUT2D eigenvalue weighted by atomic mass is 10.1. The summed E-state index contributed by atoms with van der Waals surface area (Å²) < 4.78 is 5.59. The summed E-state index contributed by atoms with van der Waals surface area (Å²) in [5.74, 6) is 0. The van der Waals surface area contributed by atoms with Gasteiger partial charge in [0.25, 0.3) is 0 Å². The van der Waals surface area contributed by atoms with Gasteiger partial charge in [-0.3, -0.25) is 0 Å². The van der Waals surface area contributed by atoms with Crippen LogP contribution in [0.2, 0.25) is 10.0 Å². The lowest BCUT2D eigenvalue weighted by molar-refractivity contribution is 0.0230. The van der Waals surface area contributed by atoms with Crippen LogP contribution >= 0.6 is 23.2 Å². The fourth-order valence-corrected chi connectivity index (χ4v) is 2.96. The van der Waals surface area contributed by atoms with Crippen molar-refractivity contribution in [1.82, 2.24) is 4.90 Å². The number of benzene rings is 2. The molecule has 0 spiro atoms. The van der Waals surface area contributed by atoms with Gasteiger partial charge < -0.3 is 15.0 Å². The molecule has 1 atom stereocenters. The third-order valence-electron chi connectivity index (χ3n) is 4.03. The topological polar surface area (TPSA) is 41.6 Å². The molecular weight excluding hydrogens is 395 g/mol. The zero-order valence-corrected chi connectivity index (χ0v) is 18.3. The summed E-state index contributed by atoms with van der Waals surface area (Å²) in [6.45, 7) is 8.77. The lowest BCUT2D eigenvalue weighted by Gasteiger charge is -2.28. The molecule has 1 unspecified atom stereocenters. The first-order valence-corrected chi connectivity index (χ1v) is 10.1. The van der Waals surface area contributed by atoms with Gasteiger partial charge in [0.2, 0.25) is 0 Å². The Bertz CT molecular complexity index is 776. The number of rotatable bonds is 7. The molecule has 2 aromatic rings. The average molecular weight is 423 g/mol. The molecule has 6 heteroatoms. The van der Waals surface area contributed by atoms with Gasteiger partial charge in [-0.15, -0.1) is 0 Å². The summed E-state index contributed by atoms with van der Waals surface area (Å²) in [5.41, 5.74) is 1.43. The van der Waals surface area contributed by atoms with E-state index in [1.54, 1.807) is 17.0 Å². The van der Waals surface area contributed by atoms with Gasteiger partial charge in [-0.2, -0.15) is 0 Å². The summed E-state index contributed by atoms with van der Waals surface area (Å²) in [4.78, 5) is 14.4. The number of nitrogens with zero attached hydrogens (tertiary/aromatic N) is 1. The Hall–Kier alpha value is -1.91. The first kappa shape index (κ1) is 22.4. The predicted molar refractivity (Wildman–Crippen MR) is 117 cm³/mol. The maximum Gasteiger partial charge on any atom is 0.410 e. The van der Waals surface area contributed by atoms with Crippen LogP contribution < -0.4 is 5.32 Å². The van der Waals surface area contributed by atoms with Gasteiger partial charge in [0, 0.05) is 24.8 Å². The monoisotopic (exact) mass is 422 g/mol. The van der Waals surface area contributed by atoms with Crippen molar-refractivity contribution in [2.45, 2.75) is 52.3 Å². The highest BCUT2D eigenvalue weighted by Crippen LogP contribution is 2.25. The number of nitrogens with one attached hydrogen (secondary N) is 1. The standard InChI is InChI=1S/C22H28Cl2N2O2/c1-16(25-18-10-11-19(23)20(24)14-18)12-13-26(21(27)28-22(2,3)4)15-17-8-6-5-7-9-17/h5-11,14,16,25H,12-13,15H2,1-4H3. The Labute approximate surface area is 177 Å². The van der Waals surface area contributed by atoms with Gasteiger partial charge in [0.05, 0.1) is 10.0 Å². The number of halogens is 2. The largest absolute Gasteiger partial charge is 0.444 e. The molecule has 0 fully saturated rings. The van der Waals surface area contributed by atoms with Crippen LogP contribution in [0.1, 0.15) is 39.7 Å². The van der Waals surface area contributed by atoms with Crippen molar-refractivity contribution < 1.29 is 9.53 Å². The van der Waals surface area contributed by atoms with E-state index in [1.165, 1.54) is 0 Å². The second kappa shape index (κ2) is 10.0. The van der Waals surface area contributed by atoms with E-state index in [-0.39, 0.29) is 12.1 Å². The minimum absolute atomic E-state index is 0.137. The fraction of sp³-hybridized carbons (Fsp3) is 0.409. The van der Waals surface area contributed by atoms with Crippen LogP contribution in [-0.2, 0) is 11.3 Å². The molecule has 0 aromatic heterocycles. The van der Waals surface area contributed by atoms with E-state index in [4.69, 9.17) is 27.9 Å². The molecule has 2 aromatic carbocycles. The van der Waals surface area contributed by atoms with Crippen molar-refractivity contribution in [3.05, 3.63) is 64.1 Å². The molecule has 4 nitrogen and oxygen atoms in total. The van der Waals surface area contributed by atoms with Gasteiger partial charge in [0.15, 0.2) is 0 Å². The Morgan fingerprint density at radius 2 is 1.79 bits per heavy atom. The van der Waals surface area contributed by atoms with E-state index < -0.39 is 5.60 Å². The summed E-state index contributed by atoms with van der Waals surface area (Å²) in [6, 6.07) is 15.5. The molecule has 152 valence electrons. The quantitative estimate of drug-likeness (QED) is 0.544. The maximum absolute atomic E-state index is 12.7. The van der Waals surface area contributed by atoms with Crippen LogP contribution in [0.4, 0.5) is 10.5 Å². The third kappa shape index (κ3) is 7.61. The summed E-state index contributed by atoms with van der Waals surface area (Å²) in [6.07, 6.45) is 0.449. The Kier molecular flexibility index (Phi) is 8.02. The number of hydrogen-bond acceptors (Lipinski definition) is 3. The molecule has 0 aliphatic heterocycles. The van der Waals surface area contributed by atoms with Gasteiger partial charge in [-0.25, -0.2) is 4.79 Å². The van der Waals surface area contributed by atoms with Gasteiger partial charge in [-0.1, -0.05) is 53.5 Å². The normalized spacial score (nSPS) is 12.4. The Morgan fingerprint density at radius 1 is 1.11 bits per heavy atom. The van der Waals surface area contributed by atoms with Gasteiger partial charge in [-0.05, 0) is 57.9 Å². The van der Waals surface area contributed by atoms with E-state index in [1.807, 2.05) is 57.2 Å². The number of carbonyl (C=O) groups is 1. The fourth-order valence-electron chi connectivity index (χ4n) is 2.66. The summed E-state index contributed by atoms with van der Waals surface area (Å²) in [5, 5.41) is 4.43. The predicted octanol–water partition coefficient (Wildman–Crippen LogP) is 6.62. The zero-order valence-electron chi connectivity index (χ0n) is 16.8. The minimum atomic E-state index is -0.532. The van der Waals surface area contributed by atoms with Crippen LogP contribution in [0.5, 0.6) is 0 Å². The van der Waals surface area contributed by atoms with Gasteiger partial charge in [0.1, 0.15) is 5.60 Å². The van der Waals surface area contributed by atoms with Crippen molar-refractivity contribution >= 4 is 35.0 Å². The number of anilines is 1. The van der Waals surface area contributed by atoms with E-state index in [0.29, 0.717) is 23.1 Å². The minimum Gasteiger partial charge on any atom is -0.444 e. The van der Waals surface area contributed by atoms with Crippen molar-refractivity contribution in [2.75, 3.05) is 11.9 Å². The van der Waals surface area contributed by atoms with Gasteiger partial charge >= 0.3 is 6.09 Å². The number of amides is 1. The molecular formula is C22H28Cl2N2O2. The molecule has 0 saturated heterocycles. The van der Waals surface area contributed by atoms with Crippen molar-refractivity contribution in [1.29, 1.82) is 0 Å². The van der Waals surface area contributed by atoms with Crippen LogP contribution in [0.25, 0.3) is 0 Å². The SMILES string of the molecule is CC(CCN(Cc1ccccc1)C(=O)OC(C)(C)C)Nc1ccc(Cl)c(Cl)c1. The number of carbonyl (C=O) groups excluding carboxylic acids is 1. The summed E-state index contributed by atoms with van der Waals surface area (Å²) in [7, 11) is 0. The second-order valence-electron chi connectivity index (χ2n) is 7.85. The molecule has 2 rings (SSSR count). The molecule has 0 heterocycles. The molecule has 1 amide bonds. The van der Waals surface area contributed by atoms with Crippen LogP contribution in [0, 0.1) is 0 Å². The molecule has 1 N–H and O–H groups in total. The van der Waals surface area contributed by atoms with Crippen LogP contribution in [0.15, 0.2) is 48.5 Å². The first-order chi connectivity index (χ1) is 13.1. The highest BCUT2D eigenvalue weighted by Gasteiger charge is 2.22. The highest BCUT2D eigenvalue weighted by atomic mass is 35.5. The van der Waals surface area contributed by atoms with Crippen molar-refractivity contribution in [3.8, 4) is 0 Å². The molecule has 0 bridgehead atoms.